The molecule has 1 aliphatic carbocycles. The molecule has 0 unspecified atom stereocenters. The minimum atomic E-state index is -0.0219. The lowest BCUT2D eigenvalue weighted by molar-refractivity contribution is 0.0543. The number of likely N-dealkylation sites (tertiary alicyclic amines) is 1. The largest absolute Gasteiger partial charge is 0.453 e. The van der Waals surface area contributed by atoms with E-state index in [1.54, 1.807) is 0 Å². The number of amides is 1. The van der Waals surface area contributed by atoms with Crippen molar-refractivity contribution in [2.75, 3.05) is 13.1 Å². The van der Waals surface area contributed by atoms with Gasteiger partial charge in [0.2, 0.25) is 5.76 Å². The van der Waals surface area contributed by atoms with E-state index in [4.69, 9.17) is 9.68 Å². The number of carbonyl (C=O) groups is 1. The Hall–Kier alpha value is -2.54. The zero-order chi connectivity index (χ0) is 16.6. The molecular weight excluding hydrogens is 300 g/mol. The van der Waals surface area contributed by atoms with Crippen LogP contribution in [0.3, 0.4) is 0 Å². The summed E-state index contributed by atoms with van der Waals surface area (Å²) >= 11 is 0. The normalized spacial score (nSPS) is 18.9. The van der Waals surface area contributed by atoms with Gasteiger partial charge in [-0.15, -0.1) is 0 Å². The Morgan fingerprint density at radius 1 is 1.17 bits per heavy atom. The fourth-order valence-electron chi connectivity index (χ4n) is 4.17. The summed E-state index contributed by atoms with van der Waals surface area (Å²) in [7, 11) is 0. The maximum atomic E-state index is 12.6. The zero-order valence-electron chi connectivity index (χ0n) is 13.6. The molecule has 0 saturated carbocycles. The lowest BCUT2D eigenvalue weighted by atomic mass is 9.66. The molecule has 1 aromatic carbocycles. The van der Waals surface area contributed by atoms with E-state index in [-0.39, 0.29) is 11.7 Å². The molecule has 0 N–H and O–H groups in total. The van der Waals surface area contributed by atoms with Gasteiger partial charge >= 0.3 is 0 Å². The van der Waals surface area contributed by atoms with Crippen molar-refractivity contribution in [1.82, 2.24) is 4.90 Å². The van der Waals surface area contributed by atoms with Crippen LogP contribution in [0.4, 0.5) is 0 Å². The van der Waals surface area contributed by atoms with Crippen molar-refractivity contribution < 1.29 is 9.21 Å². The van der Waals surface area contributed by atoms with Crippen molar-refractivity contribution in [2.24, 2.45) is 5.41 Å². The molecule has 122 valence electrons. The van der Waals surface area contributed by atoms with Crippen molar-refractivity contribution in [3.05, 3.63) is 59.0 Å². The van der Waals surface area contributed by atoms with E-state index in [1.807, 2.05) is 11.0 Å². The van der Waals surface area contributed by atoms with Crippen LogP contribution in [-0.4, -0.2) is 23.9 Å². The summed E-state index contributed by atoms with van der Waals surface area (Å²) in [4.78, 5) is 14.5. The molecule has 24 heavy (non-hydrogen) atoms. The first-order valence-corrected chi connectivity index (χ1v) is 8.54. The highest BCUT2D eigenvalue weighted by atomic mass is 16.3. The summed E-state index contributed by atoms with van der Waals surface area (Å²) in [5.74, 6) is 0.169. The van der Waals surface area contributed by atoms with Crippen LogP contribution >= 0.6 is 0 Å². The predicted octanol–water partition coefficient (Wildman–Crippen LogP) is 3.56. The van der Waals surface area contributed by atoms with Gasteiger partial charge in [-0.2, -0.15) is 5.26 Å². The standard InChI is InChI=1S/C20H20N2O2/c21-13-18-11-17(14-24-18)19(23)22-9-7-20(8-10-22)6-5-15-3-1-2-4-16(15)12-20/h1-4,11,14H,5-10,12H2. The number of benzene rings is 1. The quantitative estimate of drug-likeness (QED) is 0.807. The fourth-order valence-corrected chi connectivity index (χ4v) is 4.17. The summed E-state index contributed by atoms with van der Waals surface area (Å²) in [6.07, 6.45) is 7.00. The first kappa shape index (κ1) is 15.0. The lowest BCUT2D eigenvalue weighted by Gasteiger charge is -2.44. The Morgan fingerprint density at radius 3 is 2.62 bits per heavy atom. The molecular formula is C20H20N2O2. The van der Waals surface area contributed by atoms with Gasteiger partial charge in [0.05, 0.1) is 5.56 Å². The van der Waals surface area contributed by atoms with Crippen molar-refractivity contribution >= 4 is 5.91 Å². The average molecular weight is 320 g/mol. The van der Waals surface area contributed by atoms with Crippen LogP contribution in [0.2, 0.25) is 0 Å². The molecule has 1 aromatic heterocycles. The van der Waals surface area contributed by atoms with Gasteiger partial charge < -0.3 is 9.32 Å². The monoisotopic (exact) mass is 320 g/mol. The molecule has 2 aromatic rings. The number of furan rings is 1. The van der Waals surface area contributed by atoms with E-state index in [0.717, 1.165) is 38.8 Å². The number of aryl methyl sites for hydroxylation is 1. The van der Waals surface area contributed by atoms with Crippen LogP contribution in [0, 0.1) is 16.7 Å². The predicted molar refractivity (Wildman–Crippen MR) is 89.5 cm³/mol. The van der Waals surface area contributed by atoms with Crippen LogP contribution < -0.4 is 0 Å². The molecule has 2 aliphatic rings. The molecule has 0 bridgehead atoms. The Kier molecular flexibility index (Phi) is 3.65. The maximum absolute atomic E-state index is 12.6. The van der Waals surface area contributed by atoms with Gasteiger partial charge in [-0.3, -0.25) is 4.79 Å². The Bertz CT molecular complexity index is 807. The minimum Gasteiger partial charge on any atom is -0.453 e. The van der Waals surface area contributed by atoms with Crippen molar-refractivity contribution in [3.63, 3.8) is 0 Å². The van der Waals surface area contributed by atoms with Gasteiger partial charge in [0.25, 0.3) is 5.91 Å². The second kappa shape index (κ2) is 5.83. The summed E-state index contributed by atoms with van der Waals surface area (Å²) in [6, 6.07) is 12.2. The molecule has 0 radical (unpaired) electrons. The van der Waals surface area contributed by atoms with Gasteiger partial charge in [-0.05, 0) is 48.6 Å². The van der Waals surface area contributed by atoms with E-state index >= 15 is 0 Å². The van der Waals surface area contributed by atoms with Crippen molar-refractivity contribution in [1.29, 1.82) is 5.26 Å². The molecule has 1 fully saturated rings. The molecule has 4 nitrogen and oxygen atoms in total. The van der Waals surface area contributed by atoms with Gasteiger partial charge in [0, 0.05) is 19.2 Å². The molecule has 1 spiro atoms. The van der Waals surface area contributed by atoms with Gasteiger partial charge in [0.1, 0.15) is 12.3 Å². The second-order valence-corrected chi connectivity index (χ2v) is 7.05. The second-order valence-electron chi connectivity index (χ2n) is 7.05. The average Bonchev–Trinajstić information content (AvgIpc) is 3.11. The van der Waals surface area contributed by atoms with Crippen molar-refractivity contribution in [3.8, 4) is 6.07 Å². The summed E-state index contributed by atoms with van der Waals surface area (Å²) < 4.78 is 5.07. The third-order valence-corrected chi connectivity index (χ3v) is 5.68. The smallest absolute Gasteiger partial charge is 0.257 e. The van der Waals surface area contributed by atoms with E-state index < -0.39 is 0 Å². The van der Waals surface area contributed by atoms with Crippen LogP contribution in [0.5, 0.6) is 0 Å². The molecule has 0 atom stereocenters. The minimum absolute atomic E-state index is 0.0219. The van der Waals surface area contributed by atoms with Gasteiger partial charge in [-0.1, -0.05) is 24.3 Å². The SMILES string of the molecule is N#Cc1cc(C(=O)N2CCC3(CCc4ccccc4C3)CC2)co1. The van der Waals surface area contributed by atoms with Gasteiger partial charge in [-0.25, -0.2) is 0 Å². The number of hydrogen-bond acceptors (Lipinski definition) is 3. The fraction of sp³-hybridized carbons (Fsp3) is 0.400. The highest BCUT2D eigenvalue weighted by molar-refractivity contribution is 5.94. The Labute approximate surface area is 141 Å². The molecule has 1 amide bonds. The summed E-state index contributed by atoms with van der Waals surface area (Å²) in [5.41, 5.74) is 3.80. The van der Waals surface area contributed by atoms with E-state index in [1.165, 1.54) is 29.9 Å². The maximum Gasteiger partial charge on any atom is 0.257 e. The number of nitrogens with zero attached hydrogens (tertiary/aromatic N) is 2. The van der Waals surface area contributed by atoms with Crippen LogP contribution in [-0.2, 0) is 12.8 Å². The first-order chi connectivity index (χ1) is 11.7. The Balaban J connectivity index is 1.44. The molecule has 2 heterocycles. The number of carbonyl (C=O) groups excluding carboxylic acids is 1. The molecule has 4 heteroatoms. The number of hydrogen-bond donors (Lipinski definition) is 0. The van der Waals surface area contributed by atoms with Crippen LogP contribution in [0.25, 0.3) is 0 Å². The number of nitriles is 1. The number of rotatable bonds is 1. The summed E-state index contributed by atoms with van der Waals surface area (Å²) in [5, 5.41) is 8.82. The summed E-state index contributed by atoms with van der Waals surface area (Å²) in [6.45, 7) is 1.57. The third kappa shape index (κ3) is 2.60. The highest BCUT2D eigenvalue weighted by Gasteiger charge is 2.38. The number of fused-ring (bicyclic) bond motifs is 1. The van der Waals surface area contributed by atoms with Gasteiger partial charge in [0.15, 0.2) is 0 Å². The van der Waals surface area contributed by atoms with Crippen LogP contribution in [0.15, 0.2) is 41.0 Å². The van der Waals surface area contributed by atoms with E-state index in [2.05, 4.69) is 24.3 Å². The van der Waals surface area contributed by atoms with Crippen LogP contribution in [0.1, 0.15) is 46.5 Å². The highest BCUT2D eigenvalue weighted by Crippen LogP contribution is 2.43. The van der Waals surface area contributed by atoms with Crippen molar-refractivity contribution in [2.45, 2.75) is 32.1 Å². The third-order valence-electron chi connectivity index (χ3n) is 5.68. The van der Waals surface area contributed by atoms with E-state index in [0.29, 0.717) is 11.0 Å². The zero-order valence-corrected chi connectivity index (χ0v) is 13.6. The number of piperidine rings is 1. The Morgan fingerprint density at radius 2 is 1.92 bits per heavy atom. The van der Waals surface area contributed by atoms with E-state index in [9.17, 15) is 4.79 Å². The first-order valence-electron chi connectivity index (χ1n) is 8.54. The lowest BCUT2D eigenvalue weighted by Crippen LogP contribution is -2.45. The topological polar surface area (TPSA) is 57.2 Å². The molecule has 1 saturated heterocycles. The molecule has 4 rings (SSSR count). The molecule has 1 aliphatic heterocycles.